The van der Waals surface area contributed by atoms with Crippen LogP contribution in [0.1, 0.15) is 38.5 Å². The molecular formula is C16H24N4O4. The topological polar surface area (TPSA) is 104 Å². The Morgan fingerprint density at radius 1 is 1.21 bits per heavy atom. The highest BCUT2D eigenvalue weighted by Crippen LogP contribution is 2.39. The molecule has 8 nitrogen and oxygen atoms in total. The van der Waals surface area contributed by atoms with Crippen LogP contribution in [0.25, 0.3) is 0 Å². The number of likely N-dealkylation sites (N-methyl/N-ethyl adjacent to an activating group) is 1. The van der Waals surface area contributed by atoms with E-state index in [1.165, 1.54) is 9.80 Å². The van der Waals surface area contributed by atoms with Crippen molar-refractivity contribution < 1.29 is 19.2 Å². The minimum atomic E-state index is -0.767. The number of carbonyl (C=O) groups excluding carboxylic acids is 4. The molecule has 0 aromatic heterocycles. The number of likely N-dealkylation sites (tertiary alicyclic amines) is 1. The monoisotopic (exact) mass is 336 g/mol. The standard InChI is InChI=1S/C16H24N4O4/c1-18-15(24)20(14(23)16(18)6-3-2-4-7-16)10-12(21)19-8-5-11(9-19)13(17)22/h11H,2-10H2,1H3,(H2,17,22). The van der Waals surface area contributed by atoms with Gasteiger partial charge in [0.15, 0.2) is 0 Å². The summed E-state index contributed by atoms with van der Waals surface area (Å²) < 4.78 is 0. The Kier molecular flexibility index (Phi) is 4.23. The average Bonchev–Trinajstić information content (AvgIpc) is 3.13. The van der Waals surface area contributed by atoms with E-state index >= 15 is 0 Å². The summed E-state index contributed by atoms with van der Waals surface area (Å²) in [4.78, 5) is 53.1. The predicted molar refractivity (Wildman–Crippen MR) is 84.6 cm³/mol. The average molecular weight is 336 g/mol. The summed E-state index contributed by atoms with van der Waals surface area (Å²) in [6.07, 6.45) is 4.75. The van der Waals surface area contributed by atoms with Crippen molar-refractivity contribution in [1.29, 1.82) is 0 Å². The SMILES string of the molecule is CN1C(=O)N(CC(=O)N2CCC(C(N)=O)C2)C(=O)C12CCCCC2. The third-order valence-electron chi connectivity index (χ3n) is 5.72. The van der Waals surface area contributed by atoms with Crippen LogP contribution in [0.5, 0.6) is 0 Å². The van der Waals surface area contributed by atoms with Crippen molar-refractivity contribution in [2.45, 2.75) is 44.1 Å². The highest BCUT2D eigenvalue weighted by Gasteiger charge is 2.56. The molecule has 8 heteroatoms. The number of hydrogen-bond acceptors (Lipinski definition) is 4. The summed E-state index contributed by atoms with van der Waals surface area (Å²) in [7, 11) is 1.65. The molecule has 0 bridgehead atoms. The van der Waals surface area contributed by atoms with Gasteiger partial charge in [0.25, 0.3) is 5.91 Å². The van der Waals surface area contributed by atoms with Gasteiger partial charge in [0.05, 0.1) is 5.92 Å². The quantitative estimate of drug-likeness (QED) is 0.728. The van der Waals surface area contributed by atoms with Crippen LogP contribution in [0.3, 0.4) is 0 Å². The van der Waals surface area contributed by atoms with Crippen molar-refractivity contribution >= 4 is 23.8 Å². The molecule has 1 saturated carbocycles. The first kappa shape index (κ1) is 16.7. The zero-order valence-electron chi connectivity index (χ0n) is 14.0. The lowest BCUT2D eigenvalue weighted by Crippen LogP contribution is -2.49. The molecule has 2 heterocycles. The van der Waals surface area contributed by atoms with Gasteiger partial charge in [-0.3, -0.25) is 19.3 Å². The third kappa shape index (κ3) is 2.53. The second kappa shape index (κ2) is 6.07. The van der Waals surface area contributed by atoms with Crippen molar-refractivity contribution in [3.05, 3.63) is 0 Å². The maximum absolute atomic E-state index is 12.8. The van der Waals surface area contributed by atoms with Crippen LogP contribution in [-0.2, 0) is 14.4 Å². The van der Waals surface area contributed by atoms with E-state index in [4.69, 9.17) is 5.73 Å². The highest BCUT2D eigenvalue weighted by molar-refractivity contribution is 6.09. The molecule has 0 aromatic rings. The number of nitrogens with two attached hydrogens (primary N) is 1. The predicted octanol–water partition coefficient (Wildman–Crippen LogP) is -0.0829. The van der Waals surface area contributed by atoms with Gasteiger partial charge in [-0.1, -0.05) is 19.3 Å². The molecule has 0 radical (unpaired) electrons. The number of imide groups is 1. The van der Waals surface area contributed by atoms with Crippen molar-refractivity contribution in [2.75, 3.05) is 26.7 Å². The van der Waals surface area contributed by atoms with Gasteiger partial charge in [-0.15, -0.1) is 0 Å². The molecule has 24 heavy (non-hydrogen) atoms. The fourth-order valence-electron chi connectivity index (χ4n) is 4.13. The lowest BCUT2D eigenvalue weighted by Gasteiger charge is -2.35. The van der Waals surface area contributed by atoms with Gasteiger partial charge in [0.2, 0.25) is 11.8 Å². The maximum atomic E-state index is 12.8. The number of primary amides is 1. The fraction of sp³-hybridized carbons (Fsp3) is 0.750. The van der Waals surface area contributed by atoms with Crippen LogP contribution in [0.4, 0.5) is 4.79 Å². The molecule has 3 aliphatic rings. The molecule has 3 fully saturated rings. The van der Waals surface area contributed by atoms with Crippen molar-refractivity contribution in [3.8, 4) is 0 Å². The van der Waals surface area contributed by atoms with Crippen LogP contribution in [-0.4, -0.2) is 70.7 Å². The van der Waals surface area contributed by atoms with E-state index < -0.39 is 17.5 Å². The molecule has 2 saturated heterocycles. The molecule has 3 rings (SSSR count). The summed E-state index contributed by atoms with van der Waals surface area (Å²) in [5.74, 6) is -1.32. The third-order valence-corrected chi connectivity index (χ3v) is 5.72. The molecule has 1 atom stereocenters. The van der Waals surface area contributed by atoms with Gasteiger partial charge in [-0.2, -0.15) is 0 Å². The van der Waals surface area contributed by atoms with Crippen LogP contribution >= 0.6 is 0 Å². The molecule has 2 aliphatic heterocycles. The van der Waals surface area contributed by atoms with E-state index in [0.717, 1.165) is 24.2 Å². The molecule has 1 unspecified atom stereocenters. The Bertz CT molecular complexity index is 585. The maximum Gasteiger partial charge on any atom is 0.327 e. The van der Waals surface area contributed by atoms with Crippen LogP contribution in [0, 0.1) is 5.92 Å². The number of carbonyl (C=O) groups is 4. The van der Waals surface area contributed by atoms with Crippen molar-refractivity contribution in [1.82, 2.24) is 14.7 Å². The number of nitrogens with zero attached hydrogens (tertiary/aromatic N) is 3. The summed E-state index contributed by atoms with van der Waals surface area (Å²) >= 11 is 0. The normalized spacial score (nSPS) is 26.5. The second-order valence-corrected chi connectivity index (χ2v) is 7.05. The Morgan fingerprint density at radius 3 is 2.46 bits per heavy atom. The minimum absolute atomic E-state index is 0.255. The number of urea groups is 1. The number of amides is 5. The van der Waals surface area contributed by atoms with E-state index in [-0.39, 0.29) is 30.8 Å². The van der Waals surface area contributed by atoms with Gasteiger partial charge in [0.1, 0.15) is 12.1 Å². The lowest BCUT2D eigenvalue weighted by atomic mass is 9.81. The van der Waals surface area contributed by atoms with E-state index in [1.54, 1.807) is 7.05 Å². The van der Waals surface area contributed by atoms with Gasteiger partial charge in [-0.05, 0) is 19.3 Å². The Labute approximate surface area is 140 Å². The van der Waals surface area contributed by atoms with Gasteiger partial charge in [-0.25, -0.2) is 4.79 Å². The lowest BCUT2D eigenvalue weighted by molar-refractivity contribution is -0.140. The second-order valence-electron chi connectivity index (χ2n) is 7.05. The van der Waals surface area contributed by atoms with E-state index in [2.05, 4.69) is 0 Å². The summed E-state index contributed by atoms with van der Waals surface area (Å²) in [5.41, 5.74) is 4.51. The molecule has 5 amide bonds. The minimum Gasteiger partial charge on any atom is -0.369 e. The fourth-order valence-corrected chi connectivity index (χ4v) is 4.13. The van der Waals surface area contributed by atoms with E-state index in [0.29, 0.717) is 25.8 Å². The van der Waals surface area contributed by atoms with E-state index in [9.17, 15) is 19.2 Å². The summed E-state index contributed by atoms with van der Waals surface area (Å²) in [5, 5.41) is 0. The Balaban J connectivity index is 1.69. The molecular weight excluding hydrogens is 312 g/mol. The van der Waals surface area contributed by atoms with Crippen LogP contribution in [0.2, 0.25) is 0 Å². The zero-order chi connectivity index (χ0) is 17.5. The first-order chi connectivity index (χ1) is 11.4. The largest absolute Gasteiger partial charge is 0.369 e. The molecule has 132 valence electrons. The van der Waals surface area contributed by atoms with Crippen LogP contribution < -0.4 is 5.73 Å². The highest BCUT2D eigenvalue weighted by atomic mass is 16.2. The molecule has 1 spiro atoms. The first-order valence-corrected chi connectivity index (χ1v) is 8.53. The summed E-state index contributed by atoms with van der Waals surface area (Å²) in [6, 6.07) is -0.402. The first-order valence-electron chi connectivity index (χ1n) is 8.53. The zero-order valence-corrected chi connectivity index (χ0v) is 14.0. The Hall–Kier alpha value is -2.12. The number of rotatable bonds is 3. The van der Waals surface area contributed by atoms with Crippen molar-refractivity contribution in [2.24, 2.45) is 11.7 Å². The smallest absolute Gasteiger partial charge is 0.327 e. The molecule has 0 aromatic carbocycles. The summed E-state index contributed by atoms with van der Waals surface area (Å²) in [6.45, 7) is 0.449. The van der Waals surface area contributed by atoms with Gasteiger partial charge < -0.3 is 15.5 Å². The molecule has 1 aliphatic carbocycles. The number of hydrogen-bond donors (Lipinski definition) is 1. The van der Waals surface area contributed by atoms with Gasteiger partial charge >= 0.3 is 6.03 Å². The van der Waals surface area contributed by atoms with E-state index in [1.807, 2.05) is 0 Å². The Morgan fingerprint density at radius 2 is 1.88 bits per heavy atom. The van der Waals surface area contributed by atoms with Crippen LogP contribution in [0.15, 0.2) is 0 Å². The van der Waals surface area contributed by atoms with Crippen molar-refractivity contribution in [3.63, 3.8) is 0 Å². The van der Waals surface area contributed by atoms with Gasteiger partial charge in [0, 0.05) is 20.1 Å². The molecule has 2 N–H and O–H groups in total.